The van der Waals surface area contributed by atoms with Crippen LogP contribution in [0.15, 0.2) is 24.3 Å². The molecule has 0 aromatic heterocycles. The van der Waals surface area contributed by atoms with Crippen LogP contribution in [0.2, 0.25) is 0 Å². The Morgan fingerprint density at radius 1 is 1.29 bits per heavy atom. The zero-order valence-corrected chi connectivity index (χ0v) is 9.90. The average molecular weight is 235 g/mol. The molecule has 0 aliphatic heterocycles. The molecule has 0 unspecified atom stereocenters. The van der Waals surface area contributed by atoms with Crippen molar-refractivity contribution in [2.45, 2.75) is 26.2 Å². The number of nitrogens with one attached hydrogen (secondary N) is 1. The van der Waals surface area contributed by atoms with Crippen LogP contribution in [0.25, 0.3) is 0 Å². The van der Waals surface area contributed by atoms with Gasteiger partial charge in [-0.3, -0.25) is 9.59 Å². The Morgan fingerprint density at radius 3 is 2.65 bits per heavy atom. The molecule has 1 amide bonds. The van der Waals surface area contributed by atoms with Gasteiger partial charge in [-0.05, 0) is 18.1 Å². The summed E-state index contributed by atoms with van der Waals surface area (Å²) < 4.78 is 0. The number of benzene rings is 1. The van der Waals surface area contributed by atoms with E-state index in [1.165, 1.54) is 0 Å². The molecular weight excluding hydrogens is 218 g/mol. The minimum atomic E-state index is -0.910. The molecule has 0 heterocycles. The van der Waals surface area contributed by atoms with E-state index in [1.807, 2.05) is 18.2 Å². The highest BCUT2D eigenvalue weighted by Gasteiger charge is 2.09. The third-order valence-corrected chi connectivity index (χ3v) is 2.41. The molecular formula is C13H17NO3. The number of hydrogen-bond donors (Lipinski definition) is 2. The number of aryl methyl sites for hydroxylation is 1. The predicted octanol–water partition coefficient (Wildman–Crippen LogP) is 1.84. The van der Waals surface area contributed by atoms with Gasteiger partial charge in [-0.15, -0.1) is 0 Å². The van der Waals surface area contributed by atoms with E-state index in [0.717, 1.165) is 18.4 Å². The number of carboxylic acid groups (broad SMARTS) is 1. The molecule has 92 valence electrons. The summed E-state index contributed by atoms with van der Waals surface area (Å²) in [4.78, 5) is 22.2. The molecule has 1 rings (SSSR count). The number of hydrogen-bond acceptors (Lipinski definition) is 2. The Morgan fingerprint density at radius 2 is 2.00 bits per heavy atom. The number of amides is 1. The Labute approximate surface area is 101 Å². The van der Waals surface area contributed by atoms with Gasteiger partial charge >= 0.3 is 5.97 Å². The first-order valence-electron chi connectivity index (χ1n) is 5.73. The number of carbonyl (C=O) groups is 2. The second-order valence-corrected chi connectivity index (χ2v) is 3.81. The molecule has 0 saturated heterocycles. The van der Waals surface area contributed by atoms with Crippen molar-refractivity contribution in [1.82, 2.24) is 5.32 Å². The highest BCUT2D eigenvalue weighted by molar-refractivity contribution is 5.95. The van der Waals surface area contributed by atoms with E-state index in [4.69, 9.17) is 5.11 Å². The first-order chi connectivity index (χ1) is 8.15. The largest absolute Gasteiger partial charge is 0.481 e. The van der Waals surface area contributed by atoms with Crippen molar-refractivity contribution in [1.29, 1.82) is 0 Å². The van der Waals surface area contributed by atoms with Crippen LogP contribution in [0.1, 0.15) is 35.7 Å². The Kier molecular flexibility index (Phi) is 5.20. The maximum Gasteiger partial charge on any atom is 0.305 e. The van der Waals surface area contributed by atoms with Crippen LogP contribution in [0.3, 0.4) is 0 Å². The summed E-state index contributed by atoms with van der Waals surface area (Å²) >= 11 is 0. The lowest BCUT2D eigenvalue weighted by atomic mass is 10.0. The Balaban J connectivity index is 2.64. The average Bonchev–Trinajstić information content (AvgIpc) is 2.29. The van der Waals surface area contributed by atoms with Crippen molar-refractivity contribution < 1.29 is 14.7 Å². The van der Waals surface area contributed by atoms with Gasteiger partial charge in [0.25, 0.3) is 5.91 Å². The monoisotopic (exact) mass is 235 g/mol. The molecule has 0 fully saturated rings. The van der Waals surface area contributed by atoms with E-state index in [2.05, 4.69) is 12.2 Å². The molecule has 2 N–H and O–H groups in total. The number of rotatable bonds is 6. The van der Waals surface area contributed by atoms with Crippen LogP contribution in [-0.2, 0) is 11.2 Å². The maximum absolute atomic E-state index is 11.8. The van der Waals surface area contributed by atoms with Gasteiger partial charge in [0.15, 0.2) is 0 Å². The first kappa shape index (κ1) is 13.2. The van der Waals surface area contributed by atoms with Gasteiger partial charge in [0.2, 0.25) is 0 Å². The van der Waals surface area contributed by atoms with Crippen LogP contribution >= 0.6 is 0 Å². The van der Waals surface area contributed by atoms with Crippen molar-refractivity contribution in [3.8, 4) is 0 Å². The minimum Gasteiger partial charge on any atom is -0.481 e. The molecule has 4 nitrogen and oxygen atoms in total. The number of carbonyl (C=O) groups excluding carboxylic acids is 1. The van der Waals surface area contributed by atoms with E-state index in [1.54, 1.807) is 6.07 Å². The summed E-state index contributed by atoms with van der Waals surface area (Å²) in [5.74, 6) is -1.11. The molecule has 1 aromatic rings. The summed E-state index contributed by atoms with van der Waals surface area (Å²) in [6, 6.07) is 7.40. The number of aliphatic carboxylic acids is 1. The van der Waals surface area contributed by atoms with Crippen LogP contribution in [-0.4, -0.2) is 23.5 Å². The summed E-state index contributed by atoms with van der Waals surface area (Å²) in [5, 5.41) is 11.1. The van der Waals surface area contributed by atoms with Gasteiger partial charge in [0.05, 0.1) is 6.42 Å². The molecule has 17 heavy (non-hydrogen) atoms. The second kappa shape index (κ2) is 6.68. The molecule has 0 aliphatic rings. The third-order valence-electron chi connectivity index (χ3n) is 2.41. The van der Waals surface area contributed by atoms with Crippen molar-refractivity contribution in [3.63, 3.8) is 0 Å². The van der Waals surface area contributed by atoms with Crippen molar-refractivity contribution >= 4 is 11.9 Å². The molecule has 0 saturated carbocycles. The van der Waals surface area contributed by atoms with E-state index >= 15 is 0 Å². The van der Waals surface area contributed by atoms with Crippen molar-refractivity contribution in [2.75, 3.05) is 6.54 Å². The zero-order chi connectivity index (χ0) is 12.7. The topological polar surface area (TPSA) is 66.4 Å². The summed E-state index contributed by atoms with van der Waals surface area (Å²) in [6.07, 6.45) is 1.77. The zero-order valence-electron chi connectivity index (χ0n) is 9.90. The molecule has 0 aliphatic carbocycles. The molecule has 0 bridgehead atoms. The normalized spacial score (nSPS) is 9.94. The second-order valence-electron chi connectivity index (χ2n) is 3.81. The highest BCUT2D eigenvalue weighted by Crippen LogP contribution is 2.10. The maximum atomic E-state index is 11.8. The fourth-order valence-electron chi connectivity index (χ4n) is 1.61. The van der Waals surface area contributed by atoms with Gasteiger partial charge in [-0.1, -0.05) is 31.5 Å². The van der Waals surface area contributed by atoms with E-state index < -0.39 is 5.97 Å². The van der Waals surface area contributed by atoms with Gasteiger partial charge in [-0.25, -0.2) is 0 Å². The SMILES string of the molecule is CCCc1ccccc1C(=O)NCCC(=O)O. The minimum absolute atomic E-state index is 0.0539. The van der Waals surface area contributed by atoms with Gasteiger partial charge in [-0.2, -0.15) is 0 Å². The van der Waals surface area contributed by atoms with Crippen LogP contribution in [0, 0.1) is 0 Å². The van der Waals surface area contributed by atoms with E-state index in [0.29, 0.717) is 5.56 Å². The quantitative estimate of drug-likeness (QED) is 0.790. The van der Waals surface area contributed by atoms with E-state index in [-0.39, 0.29) is 18.9 Å². The van der Waals surface area contributed by atoms with Crippen LogP contribution in [0.5, 0.6) is 0 Å². The van der Waals surface area contributed by atoms with Crippen molar-refractivity contribution in [2.24, 2.45) is 0 Å². The highest BCUT2D eigenvalue weighted by atomic mass is 16.4. The predicted molar refractivity (Wildman–Crippen MR) is 65.0 cm³/mol. The fraction of sp³-hybridized carbons (Fsp3) is 0.385. The van der Waals surface area contributed by atoms with Crippen LogP contribution < -0.4 is 5.32 Å². The first-order valence-corrected chi connectivity index (χ1v) is 5.73. The Bertz CT molecular complexity index is 401. The lowest BCUT2D eigenvalue weighted by Crippen LogP contribution is -2.26. The smallest absolute Gasteiger partial charge is 0.305 e. The molecule has 4 heteroatoms. The van der Waals surface area contributed by atoms with Gasteiger partial charge in [0, 0.05) is 12.1 Å². The number of carboxylic acids is 1. The van der Waals surface area contributed by atoms with Crippen LogP contribution in [0.4, 0.5) is 0 Å². The van der Waals surface area contributed by atoms with Crippen molar-refractivity contribution in [3.05, 3.63) is 35.4 Å². The van der Waals surface area contributed by atoms with Gasteiger partial charge < -0.3 is 10.4 Å². The molecule has 0 atom stereocenters. The Hall–Kier alpha value is -1.84. The summed E-state index contributed by atoms with van der Waals surface area (Å²) in [5.41, 5.74) is 1.64. The molecule has 0 radical (unpaired) electrons. The standard InChI is InChI=1S/C13H17NO3/c1-2-5-10-6-3-4-7-11(10)13(17)14-9-8-12(15)16/h3-4,6-7H,2,5,8-9H2,1H3,(H,14,17)(H,15,16). The summed E-state index contributed by atoms with van der Waals surface area (Å²) in [6.45, 7) is 2.22. The molecule has 1 aromatic carbocycles. The van der Waals surface area contributed by atoms with Gasteiger partial charge in [0.1, 0.15) is 0 Å². The van der Waals surface area contributed by atoms with E-state index in [9.17, 15) is 9.59 Å². The third kappa shape index (κ3) is 4.26. The molecule has 0 spiro atoms. The fourth-order valence-corrected chi connectivity index (χ4v) is 1.61. The lowest BCUT2D eigenvalue weighted by Gasteiger charge is -2.08. The summed E-state index contributed by atoms with van der Waals surface area (Å²) in [7, 11) is 0. The lowest BCUT2D eigenvalue weighted by molar-refractivity contribution is -0.136.